The van der Waals surface area contributed by atoms with E-state index in [2.05, 4.69) is 20.6 Å². The van der Waals surface area contributed by atoms with E-state index in [0.717, 1.165) is 34.9 Å². The summed E-state index contributed by atoms with van der Waals surface area (Å²) in [4.78, 5) is 25.3. The zero-order valence-electron chi connectivity index (χ0n) is 20.2. The van der Waals surface area contributed by atoms with Crippen molar-refractivity contribution < 1.29 is 14.3 Å². The second-order valence-corrected chi connectivity index (χ2v) is 8.10. The van der Waals surface area contributed by atoms with Gasteiger partial charge in [-0.05, 0) is 61.2 Å². The Labute approximate surface area is 204 Å². The van der Waals surface area contributed by atoms with Crippen LogP contribution in [0.25, 0.3) is 11.0 Å². The number of hydrogen-bond acceptors (Lipinski definition) is 8. The maximum absolute atomic E-state index is 11.6. The van der Waals surface area contributed by atoms with Gasteiger partial charge in [0.25, 0.3) is 0 Å². The first-order valence-electron chi connectivity index (χ1n) is 11.5. The summed E-state index contributed by atoms with van der Waals surface area (Å²) in [6.45, 7) is 2.83. The Hall–Kier alpha value is -4.20. The molecule has 4 rings (SSSR count). The number of carbonyl (C=O) groups is 1. The van der Waals surface area contributed by atoms with E-state index in [1.807, 2.05) is 54.6 Å². The van der Waals surface area contributed by atoms with Gasteiger partial charge in [0.1, 0.15) is 5.82 Å². The number of nitrogens with one attached hydrogen (secondary N) is 2. The molecule has 0 atom stereocenters. The van der Waals surface area contributed by atoms with Crippen molar-refractivity contribution in [3.05, 3.63) is 77.5 Å². The fourth-order valence-corrected chi connectivity index (χ4v) is 3.79. The molecule has 180 valence electrons. The van der Waals surface area contributed by atoms with E-state index < -0.39 is 0 Å². The lowest BCUT2D eigenvalue weighted by atomic mass is 10.0. The van der Waals surface area contributed by atoms with Crippen LogP contribution in [0.2, 0.25) is 0 Å². The van der Waals surface area contributed by atoms with Crippen LogP contribution in [0.1, 0.15) is 34.8 Å². The Morgan fingerprint density at radius 3 is 2.57 bits per heavy atom. The molecule has 2 heterocycles. The highest BCUT2D eigenvalue weighted by Crippen LogP contribution is 2.28. The summed E-state index contributed by atoms with van der Waals surface area (Å²) in [6.07, 6.45) is 3.45. The molecule has 0 aliphatic rings. The van der Waals surface area contributed by atoms with E-state index in [1.54, 1.807) is 27.3 Å². The van der Waals surface area contributed by atoms with Crippen molar-refractivity contribution >= 4 is 28.6 Å². The number of aromatic nitrogens is 3. The van der Waals surface area contributed by atoms with Gasteiger partial charge in [0.2, 0.25) is 5.95 Å². The van der Waals surface area contributed by atoms with Gasteiger partial charge >= 0.3 is 0 Å². The maximum Gasteiger partial charge on any atom is 0.226 e. The first-order valence-corrected chi connectivity index (χ1v) is 11.5. The number of rotatable bonds is 11. The first kappa shape index (κ1) is 23.9. The Bertz CT molecular complexity index is 1330. The average Bonchev–Trinajstić information content (AvgIpc) is 2.89. The molecule has 0 unspecified atom stereocenters. The predicted octanol–water partition coefficient (Wildman–Crippen LogP) is 4.90. The normalized spacial score (nSPS) is 10.7. The van der Waals surface area contributed by atoms with Gasteiger partial charge in [-0.15, -0.1) is 0 Å². The lowest BCUT2D eigenvalue weighted by Crippen LogP contribution is -2.10. The summed E-state index contributed by atoms with van der Waals surface area (Å²) in [6, 6.07) is 17.4. The number of carbonyl (C=O) groups excluding carboxylic acids is 1. The largest absolute Gasteiger partial charge is 0.493 e. The molecule has 0 saturated heterocycles. The fraction of sp³-hybridized carbons (Fsp3) is 0.259. The molecule has 2 aromatic heterocycles. The van der Waals surface area contributed by atoms with Crippen LogP contribution in [-0.2, 0) is 13.0 Å². The Morgan fingerprint density at radius 1 is 0.914 bits per heavy atom. The van der Waals surface area contributed by atoms with Gasteiger partial charge in [-0.3, -0.25) is 4.79 Å². The maximum atomic E-state index is 11.6. The zero-order valence-corrected chi connectivity index (χ0v) is 20.2. The predicted molar refractivity (Wildman–Crippen MR) is 137 cm³/mol. The van der Waals surface area contributed by atoms with Crippen molar-refractivity contribution in [3.63, 3.8) is 0 Å². The number of pyridine rings is 1. The molecule has 4 aromatic rings. The Kier molecular flexibility index (Phi) is 7.72. The van der Waals surface area contributed by atoms with Crippen LogP contribution in [-0.4, -0.2) is 41.5 Å². The van der Waals surface area contributed by atoms with Gasteiger partial charge in [0, 0.05) is 24.8 Å². The third-order valence-electron chi connectivity index (χ3n) is 5.64. The molecular weight excluding hydrogens is 442 g/mol. The van der Waals surface area contributed by atoms with Crippen LogP contribution in [0, 0.1) is 0 Å². The van der Waals surface area contributed by atoms with Crippen molar-refractivity contribution in [2.75, 3.05) is 31.4 Å². The quantitative estimate of drug-likeness (QED) is 0.235. The molecular formula is C27H29N5O3. The smallest absolute Gasteiger partial charge is 0.226 e. The minimum atomic E-state index is 0.0788. The summed E-state index contributed by atoms with van der Waals surface area (Å²) in [5, 5.41) is 7.56. The molecule has 35 heavy (non-hydrogen) atoms. The van der Waals surface area contributed by atoms with E-state index in [0.29, 0.717) is 42.0 Å². The van der Waals surface area contributed by atoms with Crippen LogP contribution in [0.15, 0.2) is 60.8 Å². The van der Waals surface area contributed by atoms with E-state index >= 15 is 0 Å². The Morgan fingerprint density at radius 2 is 1.77 bits per heavy atom. The summed E-state index contributed by atoms with van der Waals surface area (Å²) < 4.78 is 10.7. The first-order chi connectivity index (χ1) is 17.1. The lowest BCUT2D eigenvalue weighted by molar-refractivity contribution is 0.101. The summed E-state index contributed by atoms with van der Waals surface area (Å²) in [7, 11) is 3.24. The molecule has 0 aliphatic carbocycles. The van der Waals surface area contributed by atoms with Crippen LogP contribution in [0.5, 0.6) is 11.5 Å². The van der Waals surface area contributed by atoms with Gasteiger partial charge in [0.15, 0.2) is 22.9 Å². The van der Waals surface area contributed by atoms with Gasteiger partial charge in [-0.25, -0.2) is 4.98 Å². The van der Waals surface area contributed by atoms with Crippen LogP contribution < -0.4 is 20.1 Å². The molecule has 0 aliphatic heterocycles. The monoisotopic (exact) mass is 471 g/mol. The number of nitrogens with zero attached hydrogens (tertiary/aromatic N) is 3. The second-order valence-electron chi connectivity index (χ2n) is 8.10. The van der Waals surface area contributed by atoms with E-state index in [-0.39, 0.29) is 5.78 Å². The zero-order chi connectivity index (χ0) is 24.6. The molecule has 0 saturated carbocycles. The Balaban J connectivity index is 1.43. The van der Waals surface area contributed by atoms with Crippen molar-refractivity contribution in [1.82, 2.24) is 15.0 Å². The van der Waals surface area contributed by atoms with Gasteiger partial charge < -0.3 is 20.1 Å². The molecule has 0 amide bonds. The van der Waals surface area contributed by atoms with Crippen LogP contribution in [0.3, 0.4) is 0 Å². The molecule has 8 nitrogen and oxygen atoms in total. The van der Waals surface area contributed by atoms with Crippen molar-refractivity contribution in [3.8, 4) is 11.5 Å². The second kappa shape index (κ2) is 11.3. The average molecular weight is 472 g/mol. The highest BCUT2D eigenvalue weighted by atomic mass is 16.5. The molecule has 0 spiro atoms. The van der Waals surface area contributed by atoms with E-state index in [9.17, 15) is 4.79 Å². The molecule has 0 radical (unpaired) electrons. The van der Waals surface area contributed by atoms with Crippen molar-refractivity contribution in [2.24, 2.45) is 0 Å². The highest BCUT2D eigenvalue weighted by molar-refractivity contribution is 5.94. The number of ether oxygens (including phenoxy) is 2. The number of methoxy groups -OCH3 is 2. The number of hydrogen-bond donors (Lipinski definition) is 2. The van der Waals surface area contributed by atoms with E-state index in [4.69, 9.17) is 14.5 Å². The number of anilines is 2. The third-order valence-corrected chi connectivity index (χ3v) is 5.64. The minimum Gasteiger partial charge on any atom is -0.493 e. The molecule has 8 heteroatoms. The molecule has 0 bridgehead atoms. The fourth-order valence-electron chi connectivity index (χ4n) is 3.79. The number of aryl methyl sites for hydroxylation is 1. The van der Waals surface area contributed by atoms with Crippen LogP contribution in [0.4, 0.5) is 11.8 Å². The SMILES string of the molecule is COc1ccc(CNc2nc(NCCCc3cccc(C(C)=O)c3)nc3ncccc23)cc1OC. The minimum absolute atomic E-state index is 0.0788. The van der Waals surface area contributed by atoms with Crippen molar-refractivity contribution in [2.45, 2.75) is 26.3 Å². The van der Waals surface area contributed by atoms with Crippen molar-refractivity contribution in [1.29, 1.82) is 0 Å². The van der Waals surface area contributed by atoms with Gasteiger partial charge in [0.05, 0.1) is 19.6 Å². The summed E-state index contributed by atoms with van der Waals surface area (Å²) >= 11 is 0. The highest BCUT2D eigenvalue weighted by Gasteiger charge is 2.10. The van der Waals surface area contributed by atoms with Gasteiger partial charge in [-0.1, -0.05) is 24.3 Å². The summed E-state index contributed by atoms with van der Waals surface area (Å²) in [5.41, 5.74) is 3.53. The number of Topliss-reactive ketones (excluding diaryl/α,β-unsaturated/α-hetero) is 1. The molecule has 2 aromatic carbocycles. The molecule has 0 fully saturated rings. The topological polar surface area (TPSA) is 98.3 Å². The van der Waals surface area contributed by atoms with Gasteiger partial charge in [-0.2, -0.15) is 9.97 Å². The number of ketones is 1. The number of benzene rings is 2. The van der Waals surface area contributed by atoms with E-state index in [1.165, 1.54) is 0 Å². The standard InChI is InChI=1S/C27H29N5O3/c1-18(33)21-9-4-7-19(15-21)8-5-14-29-27-31-25-22(10-6-13-28-25)26(32-27)30-17-20-11-12-23(34-2)24(16-20)35-3/h4,6-7,9-13,15-16H,5,8,14,17H2,1-3H3,(H2,28,29,30,31,32). The number of fused-ring (bicyclic) bond motifs is 1. The lowest BCUT2D eigenvalue weighted by Gasteiger charge is -2.13. The van der Waals surface area contributed by atoms with Crippen LogP contribution >= 0.6 is 0 Å². The summed E-state index contributed by atoms with van der Waals surface area (Å²) in [5.74, 6) is 2.66. The molecule has 2 N–H and O–H groups in total. The third kappa shape index (κ3) is 6.03.